The molecule has 104 valence electrons. The highest BCUT2D eigenvalue weighted by Gasteiger charge is 2.14. The van der Waals surface area contributed by atoms with Crippen LogP contribution in [0.4, 0.5) is 4.39 Å². The SMILES string of the molecule is N#Cc1cc(-c2nc(Cc3c(F)cccc3Cl)no2)c[nH]1. The van der Waals surface area contributed by atoms with E-state index in [0.29, 0.717) is 27.7 Å². The molecule has 0 fully saturated rings. The second-order valence-electron chi connectivity index (χ2n) is 4.31. The van der Waals surface area contributed by atoms with Gasteiger partial charge in [-0.15, -0.1) is 0 Å². The Balaban J connectivity index is 1.87. The number of aromatic amines is 1. The van der Waals surface area contributed by atoms with Gasteiger partial charge in [-0.3, -0.25) is 0 Å². The first-order valence-electron chi connectivity index (χ1n) is 6.01. The molecule has 0 unspecified atom stereocenters. The summed E-state index contributed by atoms with van der Waals surface area (Å²) in [5.41, 5.74) is 1.31. The number of hydrogen-bond donors (Lipinski definition) is 1. The van der Waals surface area contributed by atoms with Gasteiger partial charge in [-0.25, -0.2) is 4.39 Å². The average molecular weight is 303 g/mol. The summed E-state index contributed by atoms with van der Waals surface area (Å²) < 4.78 is 18.8. The molecular formula is C14H8ClFN4O. The predicted octanol–water partition coefficient (Wildman–Crippen LogP) is 3.32. The summed E-state index contributed by atoms with van der Waals surface area (Å²) in [6, 6.07) is 8.02. The normalized spacial score (nSPS) is 10.5. The van der Waals surface area contributed by atoms with Crippen molar-refractivity contribution in [3.63, 3.8) is 0 Å². The molecule has 1 aromatic carbocycles. The summed E-state index contributed by atoms with van der Waals surface area (Å²) in [4.78, 5) is 6.93. The van der Waals surface area contributed by atoms with Gasteiger partial charge in [-0.2, -0.15) is 10.2 Å². The lowest BCUT2D eigenvalue weighted by Gasteiger charge is -2.01. The standard InChI is InChI=1S/C14H8ClFN4O/c15-11-2-1-3-12(16)10(11)5-13-19-14(21-20-13)8-4-9(6-17)18-7-8/h1-4,7,18H,5H2. The van der Waals surface area contributed by atoms with Crippen LogP contribution in [0.5, 0.6) is 0 Å². The fourth-order valence-electron chi connectivity index (χ4n) is 1.88. The van der Waals surface area contributed by atoms with E-state index in [2.05, 4.69) is 15.1 Å². The number of H-pyrrole nitrogens is 1. The highest BCUT2D eigenvalue weighted by atomic mass is 35.5. The fourth-order valence-corrected chi connectivity index (χ4v) is 2.11. The zero-order chi connectivity index (χ0) is 14.8. The van der Waals surface area contributed by atoms with Crippen LogP contribution >= 0.6 is 11.6 Å². The van der Waals surface area contributed by atoms with Crippen molar-refractivity contribution in [1.82, 2.24) is 15.1 Å². The molecule has 0 saturated heterocycles. The van der Waals surface area contributed by atoms with E-state index in [1.54, 1.807) is 18.3 Å². The number of benzene rings is 1. The van der Waals surface area contributed by atoms with Gasteiger partial charge >= 0.3 is 0 Å². The monoisotopic (exact) mass is 302 g/mol. The molecule has 0 radical (unpaired) electrons. The van der Waals surface area contributed by atoms with Crippen molar-refractivity contribution in [2.75, 3.05) is 0 Å². The van der Waals surface area contributed by atoms with Gasteiger partial charge < -0.3 is 9.51 Å². The zero-order valence-corrected chi connectivity index (χ0v) is 11.4. The predicted molar refractivity (Wildman–Crippen MR) is 73.0 cm³/mol. The number of nitrogens with zero attached hydrogens (tertiary/aromatic N) is 3. The Kier molecular flexibility index (Phi) is 3.42. The molecule has 2 aromatic heterocycles. The maximum absolute atomic E-state index is 13.7. The third-order valence-corrected chi connectivity index (χ3v) is 3.27. The minimum Gasteiger partial charge on any atom is -0.352 e. The molecule has 0 saturated carbocycles. The first-order valence-corrected chi connectivity index (χ1v) is 6.39. The maximum Gasteiger partial charge on any atom is 0.259 e. The highest BCUT2D eigenvalue weighted by Crippen LogP contribution is 2.23. The third-order valence-electron chi connectivity index (χ3n) is 2.92. The molecule has 0 aliphatic carbocycles. The maximum atomic E-state index is 13.7. The van der Waals surface area contributed by atoms with Gasteiger partial charge in [-0.1, -0.05) is 22.8 Å². The molecule has 21 heavy (non-hydrogen) atoms. The van der Waals surface area contributed by atoms with Crippen LogP contribution in [0, 0.1) is 17.1 Å². The molecule has 3 aromatic rings. The van der Waals surface area contributed by atoms with Crippen molar-refractivity contribution >= 4 is 11.6 Å². The number of nitriles is 1. The zero-order valence-electron chi connectivity index (χ0n) is 10.6. The number of nitrogens with one attached hydrogen (secondary N) is 1. The van der Waals surface area contributed by atoms with Crippen LogP contribution < -0.4 is 0 Å². The average Bonchev–Trinajstić information content (AvgIpc) is 3.11. The van der Waals surface area contributed by atoms with Crippen LogP contribution in [0.15, 0.2) is 35.0 Å². The smallest absolute Gasteiger partial charge is 0.259 e. The lowest BCUT2D eigenvalue weighted by molar-refractivity contribution is 0.423. The molecule has 0 aliphatic rings. The number of rotatable bonds is 3. The number of halogens is 2. The van der Waals surface area contributed by atoms with Crippen LogP contribution in [0.2, 0.25) is 5.02 Å². The fraction of sp³-hybridized carbons (Fsp3) is 0.0714. The second kappa shape index (κ2) is 5.38. The Morgan fingerprint density at radius 1 is 1.43 bits per heavy atom. The molecule has 2 heterocycles. The van der Waals surface area contributed by atoms with E-state index in [1.807, 2.05) is 6.07 Å². The van der Waals surface area contributed by atoms with Crippen molar-refractivity contribution in [3.8, 4) is 17.5 Å². The molecule has 3 rings (SSSR count). The summed E-state index contributed by atoms with van der Waals surface area (Å²) in [7, 11) is 0. The van der Waals surface area contributed by atoms with Gasteiger partial charge in [0.2, 0.25) is 0 Å². The topological polar surface area (TPSA) is 78.5 Å². The van der Waals surface area contributed by atoms with Crippen molar-refractivity contribution < 1.29 is 8.91 Å². The van der Waals surface area contributed by atoms with Crippen molar-refractivity contribution in [3.05, 3.63) is 58.4 Å². The largest absolute Gasteiger partial charge is 0.352 e. The summed E-state index contributed by atoms with van der Waals surface area (Å²) in [5.74, 6) is 0.161. The van der Waals surface area contributed by atoms with Crippen molar-refractivity contribution in [1.29, 1.82) is 5.26 Å². The van der Waals surface area contributed by atoms with Crippen molar-refractivity contribution in [2.24, 2.45) is 0 Å². The van der Waals surface area contributed by atoms with E-state index in [4.69, 9.17) is 21.4 Å². The second-order valence-corrected chi connectivity index (χ2v) is 4.71. The van der Waals surface area contributed by atoms with Gasteiger partial charge in [0.1, 0.15) is 17.6 Å². The summed E-state index contributed by atoms with van der Waals surface area (Å²) in [6.45, 7) is 0. The van der Waals surface area contributed by atoms with Crippen LogP contribution in [0.3, 0.4) is 0 Å². The minimum atomic E-state index is -0.415. The summed E-state index contributed by atoms with van der Waals surface area (Å²) in [6.07, 6.45) is 1.72. The number of hydrogen-bond acceptors (Lipinski definition) is 4. The van der Waals surface area contributed by atoms with Crippen LogP contribution in [-0.2, 0) is 6.42 Å². The highest BCUT2D eigenvalue weighted by molar-refractivity contribution is 6.31. The van der Waals surface area contributed by atoms with Gasteiger partial charge in [0.05, 0.1) is 5.56 Å². The van der Waals surface area contributed by atoms with Crippen molar-refractivity contribution in [2.45, 2.75) is 6.42 Å². The molecule has 1 N–H and O–H groups in total. The van der Waals surface area contributed by atoms with E-state index < -0.39 is 5.82 Å². The first kappa shape index (κ1) is 13.3. The van der Waals surface area contributed by atoms with E-state index in [-0.39, 0.29) is 12.3 Å². The Morgan fingerprint density at radius 3 is 3.00 bits per heavy atom. The summed E-state index contributed by atoms with van der Waals surface area (Å²) in [5, 5.41) is 12.9. The Hall–Kier alpha value is -2.65. The first-order chi connectivity index (χ1) is 10.2. The Bertz CT molecular complexity index is 813. The molecule has 0 spiro atoms. The summed E-state index contributed by atoms with van der Waals surface area (Å²) >= 11 is 5.96. The quantitative estimate of drug-likeness (QED) is 0.805. The Labute approximate surface area is 124 Å². The van der Waals surface area contributed by atoms with Gasteiger partial charge in [0.25, 0.3) is 5.89 Å². The third kappa shape index (κ3) is 2.64. The molecule has 0 amide bonds. The lowest BCUT2D eigenvalue weighted by Crippen LogP contribution is -1.95. The molecule has 7 heteroatoms. The van der Waals surface area contributed by atoms with E-state index in [9.17, 15) is 4.39 Å². The van der Waals surface area contributed by atoms with E-state index in [1.165, 1.54) is 12.1 Å². The van der Waals surface area contributed by atoms with E-state index >= 15 is 0 Å². The molecule has 5 nitrogen and oxygen atoms in total. The van der Waals surface area contributed by atoms with Crippen LogP contribution in [0.25, 0.3) is 11.5 Å². The molecule has 0 bridgehead atoms. The van der Waals surface area contributed by atoms with Gasteiger partial charge in [0, 0.05) is 23.2 Å². The van der Waals surface area contributed by atoms with Crippen LogP contribution in [-0.4, -0.2) is 15.1 Å². The molecule has 0 aliphatic heterocycles. The van der Waals surface area contributed by atoms with Gasteiger partial charge in [0.15, 0.2) is 5.82 Å². The molecular weight excluding hydrogens is 295 g/mol. The Morgan fingerprint density at radius 2 is 2.29 bits per heavy atom. The van der Waals surface area contributed by atoms with Gasteiger partial charge in [-0.05, 0) is 18.2 Å². The number of aromatic nitrogens is 3. The lowest BCUT2D eigenvalue weighted by atomic mass is 10.1. The molecule has 0 atom stereocenters. The van der Waals surface area contributed by atoms with E-state index in [0.717, 1.165) is 0 Å². The van der Waals surface area contributed by atoms with Crippen LogP contribution in [0.1, 0.15) is 17.1 Å². The minimum absolute atomic E-state index is 0.130.